The Morgan fingerprint density at radius 2 is 1.92 bits per heavy atom. The second-order valence-corrected chi connectivity index (χ2v) is 10.8. The van der Waals surface area contributed by atoms with Crippen LogP contribution in [0.5, 0.6) is 0 Å². The van der Waals surface area contributed by atoms with Gasteiger partial charge in [0, 0.05) is 19.4 Å². The van der Waals surface area contributed by atoms with Gasteiger partial charge in [-0.3, -0.25) is 14.4 Å². The van der Waals surface area contributed by atoms with Crippen LogP contribution in [0, 0.1) is 5.92 Å². The highest BCUT2D eigenvalue weighted by Gasteiger charge is 2.58. The van der Waals surface area contributed by atoms with Crippen molar-refractivity contribution in [3.63, 3.8) is 0 Å². The molecule has 1 spiro atoms. The van der Waals surface area contributed by atoms with Gasteiger partial charge in [0.05, 0.1) is 37.4 Å². The van der Waals surface area contributed by atoms with E-state index >= 15 is 0 Å². The van der Waals surface area contributed by atoms with Gasteiger partial charge in [-0.05, 0) is 45.6 Å². The molecule has 0 radical (unpaired) electrons. The van der Waals surface area contributed by atoms with E-state index in [1.54, 1.807) is 13.0 Å². The molecule has 3 heterocycles. The first-order valence-corrected chi connectivity index (χ1v) is 13.3. The Balaban J connectivity index is 1.49. The molecule has 0 bridgehead atoms. The quantitative estimate of drug-likeness (QED) is 0.166. The number of carbonyl (C=O) groups is 3. The maximum atomic E-state index is 12.3. The molecule has 38 heavy (non-hydrogen) atoms. The molecule has 0 aromatic heterocycles. The molecule has 3 aliphatic heterocycles. The van der Waals surface area contributed by atoms with Gasteiger partial charge in [-0.25, -0.2) is 0 Å². The van der Waals surface area contributed by atoms with Crippen molar-refractivity contribution in [2.24, 2.45) is 11.7 Å². The molecule has 10 heteroatoms. The molecule has 10 nitrogen and oxygen atoms in total. The van der Waals surface area contributed by atoms with E-state index in [1.165, 1.54) is 13.0 Å². The van der Waals surface area contributed by atoms with Gasteiger partial charge in [-0.2, -0.15) is 0 Å². The summed E-state index contributed by atoms with van der Waals surface area (Å²) in [6.07, 6.45) is 8.36. The van der Waals surface area contributed by atoms with Crippen molar-refractivity contribution >= 4 is 17.8 Å². The third kappa shape index (κ3) is 8.49. The minimum absolute atomic E-state index is 0.000587. The first-order valence-electron chi connectivity index (χ1n) is 13.3. The summed E-state index contributed by atoms with van der Waals surface area (Å²) >= 11 is 0. The van der Waals surface area contributed by atoms with Crippen molar-refractivity contribution in [3.05, 3.63) is 36.0 Å². The predicted octanol–water partition coefficient (Wildman–Crippen LogP) is 1.85. The maximum absolute atomic E-state index is 12.3. The summed E-state index contributed by atoms with van der Waals surface area (Å²) in [5.74, 6) is -0.867. The molecule has 3 rings (SSSR count). The summed E-state index contributed by atoms with van der Waals surface area (Å²) in [4.78, 5) is 34.7. The number of aliphatic hydroxyl groups excluding tert-OH is 1. The van der Waals surface area contributed by atoms with E-state index in [1.807, 2.05) is 26.0 Å². The summed E-state index contributed by atoms with van der Waals surface area (Å²) < 4.78 is 22.7. The molecule has 3 saturated heterocycles. The number of primary amides is 1. The number of rotatable bonds is 10. The molecule has 0 aromatic rings. The number of aliphatic hydroxyl groups is 1. The van der Waals surface area contributed by atoms with Crippen molar-refractivity contribution in [2.45, 2.75) is 109 Å². The number of carbonyl (C=O) groups excluding carboxylic acids is 3. The first kappa shape index (κ1) is 30.0. The highest BCUT2D eigenvalue weighted by atomic mass is 16.6. The zero-order valence-electron chi connectivity index (χ0n) is 22.9. The molecule has 4 N–H and O–H groups in total. The highest BCUT2D eigenvalue weighted by molar-refractivity contribution is 5.87. The topological polar surface area (TPSA) is 150 Å². The smallest absolute Gasteiger partial charge is 0.303 e. The van der Waals surface area contributed by atoms with Gasteiger partial charge >= 0.3 is 5.97 Å². The summed E-state index contributed by atoms with van der Waals surface area (Å²) in [6.45, 7) is 9.50. The van der Waals surface area contributed by atoms with Gasteiger partial charge in [0.15, 0.2) is 0 Å². The molecular weight excluding hydrogens is 492 g/mol. The summed E-state index contributed by atoms with van der Waals surface area (Å²) in [5.41, 5.74) is 5.69. The highest BCUT2D eigenvalue weighted by Crippen LogP contribution is 2.43. The van der Waals surface area contributed by atoms with Gasteiger partial charge < -0.3 is 35.1 Å². The standard InChI is InChI=1S/C28H42N2O8/c1-16(7-10-24-27(34)28(15-35-28)14-21(38-24)13-25(29)32)6-9-23-17(2)12-22(19(4)37-23)30-26(33)11-8-18(3)36-20(5)31/h6-8,10-11,17-19,21-24,27,34H,9,12-15H2,1-5H3,(H2,29,32)(H,30,33)/t17-,18?,19+,21+,22+,23-,24+,27+,28+/m0/s1. The maximum Gasteiger partial charge on any atom is 0.303 e. The molecule has 3 fully saturated rings. The minimum atomic E-state index is -0.801. The second kappa shape index (κ2) is 13.0. The molecule has 9 atom stereocenters. The van der Waals surface area contributed by atoms with E-state index in [4.69, 9.17) is 24.7 Å². The number of allylic oxidation sites excluding steroid dienone is 2. The van der Waals surface area contributed by atoms with E-state index < -0.39 is 35.8 Å². The molecule has 1 unspecified atom stereocenters. The van der Waals surface area contributed by atoms with Gasteiger partial charge in [0.25, 0.3) is 0 Å². The lowest BCUT2D eigenvalue weighted by atomic mass is 9.87. The Morgan fingerprint density at radius 1 is 1.21 bits per heavy atom. The fourth-order valence-electron chi connectivity index (χ4n) is 5.11. The van der Waals surface area contributed by atoms with Crippen LogP contribution < -0.4 is 11.1 Å². The number of hydrogen-bond acceptors (Lipinski definition) is 8. The van der Waals surface area contributed by atoms with Gasteiger partial charge in [0.1, 0.15) is 23.9 Å². The molecular formula is C28H42N2O8. The number of nitrogens with two attached hydrogens (primary N) is 1. The number of esters is 1. The molecule has 0 saturated carbocycles. The lowest BCUT2D eigenvalue weighted by molar-refractivity contribution is -0.144. The van der Waals surface area contributed by atoms with E-state index in [2.05, 4.69) is 18.3 Å². The van der Waals surface area contributed by atoms with Gasteiger partial charge in [-0.15, -0.1) is 0 Å². The van der Waals surface area contributed by atoms with E-state index in [0.717, 1.165) is 12.0 Å². The van der Waals surface area contributed by atoms with Crippen molar-refractivity contribution in [1.29, 1.82) is 0 Å². The Hall–Kier alpha value is -2.53. The van der Waals surface area contributed by atoms with Crippen LogP contribution in [-0.4, -0.2) is 77.8 Å². The van der Waals surface area contributed by atoms with Crippen molar-refractivity contribution in [3.8, 4) is 0 Å². The van der Waals surface area contributed by atoms with E-state index in [0.29, 0.717) is 19.4 Å². The number of amides is 2. The zero-order chi connectivity index (χ0) is 28.0. The lowest BCUT2D eigenvalue weighted by Crippen LogP contribution is -2.50. The molecule has 0 aromatic carbocycles. The van der Waals surface area contributed by atoms with E-state index in [9.17, 15) is 19.5 Å². The van der Waals surface area contributed by atoms with Crippen LogP contribution in [0.3, 0.4) is 0 Å². The third-order valence-corrected chi connectivity index (χ3v) is 7.35. The zero-order valence-corrected chi connectivity index (χ0v) is 22.9. The number of hydrogen-bond donors (Lipinski definition) is 3. The van der Waals surface area contributed by atoms with Crippen LogP contribution in [0.15, 0.2) is 36.0 Å². The first-order chi connectivity index (χ1) is 17.9. The van der Waals surface area contributed by atoms with Crippen LogP contribution in [0.1, 0.15) is 60.3 Å². The van der Waals surface area contributed by atoms with Crippen LogP contribution >= 0.6 is 0 Å². The Labute approximate surface area is 224 Å². The number of epoxide rings is 1. The largest absolute Gasteiger partial charge is 0.459 e. The molecule has 2 amide bonds. The normalized spacial score (nSPS) is 36.4. The van der Waals surface area contributed by atoms with Crippen LogP contribution in [0.2, 0.25) is 0 Å². The summed E-state index contributed by atoms with van der Waals surface area (Å²) in [7, 11) is 0. The molecule has 212 valence electrons. The lowest BCUT2D eigenvalue weighted by Gasteiger charge is -2.39. The van der Waals surface area contributed by atoms with Crippen LogP contribution in [-0.2, 0) is 33.3 Å². The van der Waals surface area contributed by atoms with Gasteiger partial charge in [0.2, 0.25) is 11.8 Å². The van der Waals surface area contributed by atoms with E-state index in [-0.39, 0.29) is 42.6 Å². The number of ether oxygens (including phenoxy) is 4. The van der Waals surface area contributed by atoms with Crippen LogP contribution in [0.4, 0.5) is 0 Å². The third-order valence-electron chi connectivity index (χ3n) is 7.35. The Bertz CT molecular complexity index is 957. The summed E-state index contributed by atoms with van der Waals surface area (Å²) in [5, 5.41) is 13.7. The SMILES string of the molecule is CC(=O)OC(C)C=CC(=O)N[C@@H]1C[C@H](C)[C@H](CC=C(C)C=C[C@H]2O[C@H](CC(N)=O)C[C@@]3(CO3)[C@@H]2O)O[C@@H]1C. The minimum Gasteiger partial charge on any atom is -0.459 e. The Morgan fingerprint density at radius 3 is 2.55 bits per heavy atom. The average molecular weight is 535 g/mol. The molecule has 0 aliphatic carbocycles. The average Bonchev–Trinajstić information content (AvgIpc) is 3.59. The monoisotopic (exact) mass is 534 g/mol. The number of nitrogens with one attached hydrogen (secondary N) is 1. The Kier molecular flexibility index (Phi) is 10.3. The second-order valence-electron chi connectivity index (χ2n) is 10.8. The predicted molar refractivity (Wildman–Crippen MR) is 140 cm³/mol. The summed E-state index contributed by atoms with van der Waals surface area (Å²) in [6, 6.07) is -0.123. The fourth-order valence-corrected chi connectivity index (χ4v) is 5.11. The van der Waals surface area contributed by atoms with Gasteiger partial charge in [-0.1, -0.05) is 30.7 Å². The van der Waals surface area contributed by atoms with Crippen molar-refractivity contribution in [2.75, 3.05) is 6.61 Å². The van der Waals surface area contributed by atoms with Crippen LogP contribution in [0.25, 0.3) is 0 Å². The fraction of sp³-hybridized carbons (Fsp3) is 0.679. The van der Waals surface area contributed by atoms with Crippen molar-refractivity contribution in [1.82, 2.24) is 5.32 Å². The van der Waals surface area contributed by atoms with Crippen molar-refractivity contribution < 1.29 is 38.4 Å². The molecule has 3 aliphatic rings.